The van der Waals surface area contributed by atoms with Crippen LogP contribution in [0.5, 0.6) is 5.75 Å². The molecule has 6 heteroatoms. The van der Waals surface area contributed by atoms with E-state index in [0.717, 1.165) is 6.07 Å². The zero-order valence-electron chi connectivity index (χ0n) is 11.3. The molecule has 1 aliphatic rings. The summed E-state index contributed by atoms with van der Waals surface area (Å²) >= 11 is 0. The van der Waals surface area contributed by atoms with Gasteiger partial charge in [0, 0.05) is 6.42 Å². The van der Waals surface area contributed by atoms with Crippen LogP contribution in [0.25, 0.3) is 0 Å². The lowest BCUT2D eigenvalue weighted by atomic mass is 9.86. The second-order valence-electron chi connectivity index (χ2n) is 5.18. The summed E-state index contributed by atoms with van der Waals surface area (Å²) in [6.07, 6.45) is -2.91. The maximum Gasteiger partial charge on any atom is 0.419 e. The van der Waals surface area contributed by atoms with Crippen molar-refractivity contribution in [2.45, 2.75) is 31.0 Å². The molecule has 1 aliphatic heterocycles. The smallest absolute Gasteiger partial charge is 0.419 e. The Kier molecular flexibility index (Phi) is 4.25. The lowest BCUT2D eigenvalue weighted by Crippen LogP contribution is -2.43. The molecule has 1 aromatic rings. The third kappa shape index (κ3) is 3.43. The molecule has 0 atom stereocenters. The molecule has 0 unspecified atom stereocenters. The highest BCUT2D eigenvalue weighted by atomic mass is 19.4. The second-order valence-corrected chi connectivity index (χ2v) is 5.18. The molecule has 2 N–H and O–H groups in total. The fraction of sp³-hybridized carbons (Fsp3) is 0.571. The molecule has 0 aliphatic carbocycles. The lowest BCUT2D eigenvalue weighted by molar-refractivity contribution is -0.138. The fourth-order valence-electron chi connectivity index (χ4n) is 2.53. The molecule has 3 nitrogen and oxygen atoms in total. The van der Waals surface area contributed by atoms with Gasteiger partial charge in [-0.15, -0.1) is 0 Å². The molecule has 0 spiro atoms. The topological polar surface area (TPSA) is 41.5 Å². The highest BCUT2D eigenvalue weighted by Crippen LogP contribution is 2.37. The van der Waals surface area contributed by atoms with Gasteiger partial charge in [-0.1, -0.05) is 6.07 Å². The van der Waals surface area contributed by atoms with E-state index in [4.69, 9.17) is 4.74 Å². The van der Waals surface area contributed by atoms with E-state index < -0.39 is 17.3 Å². The Labute approximate surface area is 115 Å². The van der Waals surface area contributed by atoms with Crippen LogP contribution >= 0.6 is 0 Å². The van der Waals surface area contributed by atoms with Crippen molar-refractivity contribution in [2.24, 2.45) is 0 Å². The molecule has 0 radical (unpaired) electrons. The maximum atomic E-state index is 12.8. The SMILES string of the molecule is COc1cc(CC2(O)CCNCC2)ccc1C(F)(F)F. The number of methoxy groups -OCH3 is 1. The first-order chi connectivity index (χ1) is 9.34. The summed E-state index contributed by atoms with van der Waals surface area (Å²) in [6.45, 7) is 1.43. The minimum atomic E-state index is -4.43. The van der Waals surface area contributed by atoms with Crippen LogP contribution in [-0.4, -0.2) is 30.9 Å². The Morgan fingerprint density at radius 2 is 1.95 bits per heavy atom. The van der Waals surface area contributed by atoms with Gasteiger partial charge in [0.25, 0.3) is 0 Å². The Morgan fingerprint density at radius 3 is 2.50 bits per heavy atom. The molecule has 0 aromatic heterocycles. The highest BCUT2D eigenvalue weighted by Gasteiger charge is 2.35. The van der Waals surface area contributed by atoms with E-state index in [1.165, 1.54) is 19.2 Å². The molecule has 1 heterocycles. The van der Waals surface area contributed by atoms with Crippen molar-refractivity contribution >= 4 is 0 Å². The van der Waals surface area contributed by atoms with Crippen LogP contribution in [0.3, 0.4) is 0 Å². The summed E-state index contributed by atoms with van der Waals surface area (Å²) in [5.41, 5.74) is -0.990. The van der Waals surface area contributed by atoms with E-state index in [1.807, 2.05) is 0 Å². The van der Waals surface area contributed by atoms with E-state index in [2.05, 4.69) is 5.32 Å². The van der Waals surface area contributed by atoms with Gasteiger partial charge in [0.05, 0.1) is 18.3 Å². The van der Waals surface area contributed by atoms with E-state index in [-0.39, 0.29) is 5.75 Å². The predicted octanol–water partition coefficient (Wildman–Crippen LogP) is 2.37. The van der Waals surface area contributed by atoms with Crippen LogP contribution in [0.15, 0.2) is 18.2 Å². The first-order valence-electron chi connectivity index (χ1n) is 6.51. The van der Waals surface area contributed by atoms with Crippen molar-refractivity contribution in [3.8, 4) is 5.75 Å². The number of halogens is 3. The number of hydrogen-bond acceptors (Lipinski definition) is 3. The summed E-state index contributed by atoms with van der Waals surface area (Å²) in [6, 6.07) is 3.78. The molecular formula is C14H18F3NO2. The van der Waals surface area contributed by atoms with Gasteiger partial charge in [0.2, 0.25) is 0 Å². The van der Waals surface area contributed by atoms with Crippen LogP contribution in [0, 0.1) is 0 Å². The zero-order chi connectivity index (χ0) is 14.8. The highest BCUT2D eigenvalue weighted by molar-refractivity contribution is 5.40. The molecule has 0 saturated carbocycles. The number of nitrogens with one attached hydrogen (secondary N) is 1. The van der Waals surface area contributed by atoms with Crippen molar-refractivity contribution < 1.29 is 23.0 Å². The first kappa shape index (κ1) is 15.1. The van der Waals surface area contributed by atoms with Gasteiger partial charge in [0.15, 0.2) is 0 Å². The summed E-state index contributed by atoms with van der Waals surface area (Å²) in [5, 5.41) is 13.6. The Balaban J connectivity index is 2.21. The fourth-order valence-corrected chi connectivity index (χ4v) is 2.53. The first-order valence-corrected chi connectivity index (χ1v) is 6.51. The zero-order valence-corrected chi connectivity index (χ0v) is 11.3. The van der Waals surface area contributed by atoms with E-state index >= 15 is 0 Å². The van der Waals surface area contributed by atoms with Gasteiger partial charge < -0.3 is 15.2 Å². The summed E-state index contributed by atoms with van der Waals surface area (Å²) in [5.74, 6) is -0.201. The predicted molar refractivity (Wildman–Crippen MR) is 68.8 cm³/mol. The maximum absolute atomic E-state index is 12.8. The third-order valence-corrected chi connectivity index (χ3v) is 3.64. The van der Waals surface area contributed by atoms with E-state index in [9.17, 15) is 18.3 Å². The molecule has 1 saturated heterocycles. The summed E-state index contributed by atoms with van der Waals surface area (Å²) in [4.78, 5) is 0. The average molecular weight is 289 g/mol. The van der Waals surface area contributed by atoms with Crippen LogP contribution in [0.2, 0.25) is 0 Å². The minimum Gasteiger partial charge on any atom is -0.496 e. The van der Waals surface area contributed by atoms with Gasteiger partial charge in [0.1, 0.15) is 5.75 Å². The van der Waals surface area contributed by atoms with Crippen LogP contribution in [0.4, 0.5) is 13.2 Å². The molecule has 2 rings (SSSR count). The van der Waals surface area contributed by atoms with Crippen LogP contribution in [-0.2, 0) is 12.6 Å². The molecule has 20 heavy (non-hydrogen) atoms. The number of hydrogen-bond donors (Lipinski definition) is 2. The van der Waals surface area contributed by atoms with Crippen molar-refractivity contribution in [3.63, 3.8) is 0 Å². The van der Waals surface area contributed by atoms with Crippen molar-refractivity contribution in [2.75, 3.05) is 20.2 Å². The minimum absolute atomic E-state index is 0.201. The molecule has 1 aromatic carbocycles. The normalized spacial score (nSPS) is 18.9. The molecule has 1 fully saturated rings. The summed E-state index contributed by atoms with van der Waals surface area (Å²) < 4.78 is 43.1. The second kappa shape index (κ2) is 5.61. The van der Waals surface area contributed by atoms with Gasteiger partial charge in [-0.25, -0.2) is 0 Å². The number of rotatable bonds is 3. The average Bonchev–Trinajstić information content (AvgIpc) is 2.37. The number of benzene rings is 1. The van der Waals surface area contributed by atoms with Gasteiger partial charge in [-0.05, 0) is 43.6 Å². The quantitative estimate of drug-likeness (QED) is 0.897. The number of aliphatic hydroxyl groups is 1. The van der Waals surface area contributed by atoms with E-state index in [0.29, 0.717) is 37.9 Å². The largest absolute Gasteiger partial charge is 0.496 e. The number of alkyl halides is 3. The van der Waals surface area contributed by atoms with Crippen molar-refractivity contribution in [1.82, 2.24) is 5.32 Å². The van der Waals surface area contributed by atoms with E-state index in [1.54, 1.807) is 0 Å². The standard InChI is InChI=1S/C14H18F3NO2/c1-20-12-8-10(2-3-11(12)14(15,16)17)9-13(19)4-6-18-7-5-13/h2-3,8,18-19H,4-7,9H2,1H3. The Hall–Kier alpha value is -1.27. The number of ether oxygens (including phenoxy) is 1. The molecule has 0 bridgehead atoms. The monoisotopic (exact) mass is 289 g/mol. The third-order valence-electron chi connectivity index (χ3n) is 3.64. The van der Waals surface area contributed by atoms with Crippen molar-refractivity contribution in [3.05, 3.63) is 29.3 Å². The lowest BCUT2D eigenvalue weighted by Gasteiger charge is -2.32. The molecular weight excluding hydrogens is 271 g/mol. The van der Waals surface area contributed by atoms with Crippen LogP contribution in [0.1, 0.15) is 24.0 Å². The van der Waals surface area contributed by atoms with Crippen LogP contribution < -0.4 is 10.1 Å². The molecule has 112 valence electrons. The van der Waals surface area contributed by atoms with Crippen molar-refractivity contribution in [1.29, 1.82) is 0 Å². The van der Waals surface area contributed by atoms with Gasteiger partial charge in [-0.3, -0.25) is 0 Å². The Bertz CT molecular complexity index is 468. The number of piperidine rings is 1. The molecule has 0 amide bonds. The summed E-state index contributed by atoms with van der Waals surface area (Å²) in [7, 11) is 1.22. The van der Waals surface area contributed by atoms with Gasteiger partial charge in [-0.2, -0.15) is 13.2 Å². The van der Waals surface area contributed by atoms with Gasteiger partial charge >= 0.3 is 6.18 Å². The Morgan fingerprint density at radius 1 is 1.30 bits per heavy atom.